The second-order valence-corrected chi connectivity index (χ2v) is 4.26. The number of benzene rings is 1. The molecule has 0 aliphatic carbocycles. The van der Waals surface area contributed by atoms with Gasteiger partial charge in [-0.25, -0.2) is 0 Å². The molecule has 1 aromatic carbocycles. The minimum atomic E-state index is 0.613. The molecule has 0 aliphatic heterocycles. The maximum Gasteiger partial charge on any atom is 0.205 e. The van der Waals surface area contributed by atoms with Crippen LogP contribution >= 0.6 is 0 Å². The van der Waals surface area contributed by atoms with Gasteiger partial charge in [0.1, 0.15) is 0 Å². The van der Waals surface area contributed by atoms with E-state index in [0.717, 1.165) is 17.9 Å². The zero-order valence-electron chi connectivity index (χ0n) is 11.0. The van der Waals surface area contributed by atoms with Crippen LogP contribution in [0.15, 0.2) is 55.1 Å². The lowest BCUT2D eigenvalue weighted by atomic mass is 10.2. The molecule has 0 fully saturated rings. The highest BCUT2D eigenvalue weighted by molar-refractivity contribution is 5.66. The normalized spacial score (nSPS) is 10.8. The molecule has 2 N–H and O–H groups in total. The number of aromatic nitrogens is 1. The summed E-state index contributed by atoms with van der Waals surface area (Å²) in [6, 6.07) is 16.4. The molecule has 2 aromatic rings. The van der Waals surface area contributed by atoms with Gasteiger partial charge < -0.3 is 5.73 Å². The fourth-order valence-electron chi connectivity index (χ4n) is 2.03. The van der Waals surface area contributed by atoms with Gasteiger partial charge in [-0.15, -0.1) is 0 Å². The summed E-state index contributed by atoms with van der Waals surface area (Å²) >= 11 is 0. The van der Waals surface area contributed by atoms with Crippen molar-refractivity contribution in [3.63, 3.8) is 0 Å². The monoisotopic (exact) mass is 251 g/mol. The fraction of sp³-hybridized carbons (Fsp3) is 0.118. The van der Waals surface area contributed by atoms with Crippen molar-refractivity contribution in [2.75, 3.05) is 6.54 Å². The molecular weight excluding hydrogens is 232 g/mol. The minimum Gasteiger partial charge on any atom is -0.325 e. The Bertz CT molecular complexity index is 571. The third kappa shape index (κ3) is 3.39. The first kappa shape index (κ1) is 13.2. The van der Waals surface area contributed by atoms with Crippen LogP contribution in [0.2, 0.25) is 0 Å². The Morgan fingerprint density at radius 3 is 2.37 bits per heavy atom. The molecule has 0 bridgehead atoms. The highest BCUT2D eigenvalue weighted by Crippen LogP contribution is 2.06. The van der Waals surface area contributed by atoms with Gasteiger partial charge in [0.05, 0.1) is 6.54 Å². The van der Waals surface area contributed by atoms with Crippen LogP contribution in [-0.2, 0) is 6.54 Å². The maximum atomic E-state index is 5.68. The molecule has 2 rings (SSSR count). The topological polar surface area (TPSA) is 29.9 Å². The van der Waals surface area contributed by atoms with Gasteiger partial charge in [0, 0.05) is 24.3 Å². The Morgan fingerprint density at radius 2 is 1.68 bits per heavy atom. The van der Waals surface area contributed by atoms with Crippen LogP contribution in [0.4, 0.5) is 0 Å². The Kier molecular flexibility index (Phi) is 4.65. The molecule has 0 saturated carbocycles. The van der Waals surface area contributed by atoms with E-state index in [2.05, 4.69) is 41.5 Å². The number of rotatable bonds is 5. The van der Waals surface area contributed by atoms with Crippen LogP contribution in [0.5, 0.6) is 0 Å². The van der Waals surface area contributed by atoms with Gasteiger partial charge in [-0.2, -0.15) is 4.57 Å². The van der Waals surface area contributed by atoms with Gasteiger partial charge in [-0.3, -0.25) is 0 Å². The highest BCUT2D eigenvalue weighted by atomic mass is 15.0. The molecule has 0 spiro atoms. The minimum absolute atomic E-state index is 0.613. The van der Waals surface area contributed by atoms with Gasteiger partial charge in [-0.1, -0.05) is 36.9 Å². The molecule has 19 heavy (non-hydrogen) atoms. The molecule has 0 aliphatic rings. The van der Waals surface area contributed by atoms with E-state index in [1.807, 2.05) is 36.4 Å². The van der Waals surface area contributed by atoms with Gasteiger partial charge >= 0.3 is 0 Å². The van der Waals surface area contributed by atoms with Crippen molar-refractivity contribution in [1.29, 1.82) is 0 Å². The molecule has 0 saturated heterocycles. The van der Waals surface area contributed by atoms with Crippen molar-refractivity contribution < 1.29 is 4.57 Å². The molecule has 96 valence electrons. The van der Waals surface area contributed by atoms with Crippen LogP contribution in [-0.4, -0.2) is 6.54 Å². The molecule has 1 aromatic heterocycles. The van der Waals surface area contributed by atoms with Crippen molar-refractivity contribution in [3.8, 4) is 0 Å². The van der Waals surface area contributed by atoms with Crippen LogP contribution in [0.1, 0.15) is 17.0 Å². The molecule has 2 heteroatoms. The Morgan fingerprint density at radius 1 is 0.947 bits per heavy atom. The van der Waals surface area contributed by atoms with Gasteiger partial charge in [0.25, 0.3) is 0 Å². The molecule has 0 radical (unpaired) electrons. The number of hydrogen-bond donors (Lipinski definition) is 1. The van der Waals surface area contributed by atoms with Gasteiger partial charge in [-0.05, 0) is 17.7 Å². The quantitative estimate of drug-likeness (QED) is 0.814. The maximum absolute atomic E-state index is 5.68. The van der Waals surface area contributed by atoms with Gasteiger partial charge in [0.15, 0.2) is 6.54 Å². The first-order chi connectivity index (χ1) is 9.35. The third-order valence-electron chi connectivity index (χ3n) is 2.97. The summed E-state index contributed by atoms with van der Waals surface area (Å²) in [5.74, 6) is 0. The van der Waals surface area contributed by atoms with Crippen LogP contribution in [0, 0.1) is 0 Å². The first-order valence-corrected chi connectivity index (χ1v) is 6.43. The Hall–Kier alpha value is -2.19. The fourth-order valence-corrected chi connectivity index (χ4v) is 2.03. The summed E-state index contributed by atoms with van der Waals surface area (Å²) in [6.07, 6.45) is 6.07. The second-order valence-electron chi connectivity index (χ2n) is 4.26. The summed E-state index contributed by atoms with van der Waals surface area (Å²) in [4.78, 5) is 0. The van der Waals surface area contributed by atoms with E-state index in [4.69, 9.17) is 5.73 Å². The van der Waals surface area contributed by atoms with Gasteiger partial charge in [0.2, 0.25) is 11.4 Å². The Labute approximate surface area is 114 Å². The number of pyridine rings is 1. The molecule has 0 unspecified atom stereocenters. The zero-order chi connectivity index (χ0) is 13.5. The Balaban J connectivity index is 2.34. The van der Waals surface area contributed by atoms with E-state index in [1.54, 1.807) is 0 Å². The lowest BCUT2D eigenvalue weighted by molar-refractivity contribution is -0.697. The van der Waals surface area contributed by atoms with E-state index in [-0.39, 0.29) is 0 Å². The summed E-state index contributed by atoms with van der Waals surface area (Å²) in [7, 11) is 0. The van der Waals surface area contributed by atoms with Crippen LogP contribution in [0.25, 0.3) is 18.2 Å². The van der Waals surface area contributed by atoms with E-state index >= 15 is 0 Å². The van der Waals surface area contributed by atoms with E-state index < -0.39 is 0 Å². The molecule has 0 amide bonds. The smallest absolute Gasteiger partial charge is 0.205 e. The SMILES string of the molecule is C=Cc1cccc(/C=C/c2ccccc2)[n+]1CCN. The average molecular weight is 251 g/mol. The molecular formula is C17H19N2+. The van der Waals surface area contributed by atoms with Crippen molar-refractivity contribution in [3.05, 3.63) is 72.1 Å². The third-order valence-corrected chi connectivity index (χ3v) is 2.97. The summed E-state index contributed by atoms with van der Waals surface area (Å²) < 4.78 is 2.17. The summed E-state index contributed by atoms with van der Waals surface area (Å²) in [5, 5.41) is 0. The number of nitrogens with zero attached hydrogens (tertiary/aromatic N) is 1. The van der Waals surface area contributed by atoms with Crippen molar-refractivity contribution in [2.45, 2.75) is 6.54 Å². The highest BCUT2D eigenvalue weighted by Gasteiger charge is 2.10. The predicted molar refractivity (Wildman–Crippen MR) is 81.2 cm³/mol. The molecule has 1 heterocycles. The van der Waals surface area contributed by atoms with Crippen molar-refractivity contribution in [1.82, 2.24) is 0 Å². The second kappa shape index (κ2) is 6.66. The number of nitrogens with two attached hydrogens (primary N) is 1. The van der Waals surface area contributed by atoms with Crippen LogP contribution in [0.3, 0.4) is 0 Å². The van der Waals surface area contributed by atoms with Crippen LogP contribution < -0.4 is 10.3 Å². The number of hydrogen-bond acceptors (Lipinski definition) is 1. The van der Waals surface area contributed by atoms with E-state index in [1.165, 1.54) is 5.56 Å². The summed E-state index contributed by atoms with van der Waals surface area (Å²) in [5.41, 5.74) is 9.08. The van der Waals surface area contributed by atoms with Crippen molar-refractivity contribution >= 4 is 18.2 Å². The van der Waals surface area contributed by atoms with E-state index in [0.29, 0.717) is 6.54 Å². The molecule has 2 nitrogen and oxygen atoms in total. The predicted octanol–water partition coefficient (Wildman–Crippen LogP) is 2.75. The lowest BCUT2D eigenvalue weighted by Crippen LogP contribution is -2.43. The lowest BCUT2D eigenvalue weighted by Gasteiger charge is -2.02. The van der Waals surface area contributed by atoms with Crippen molar-refractivity contribution in [2.24, 2.45) is 5.73 Å². The summed E-state index contributed by atoms with van der Waals surface area (Å²) in [6.45, 7) is 5.25. The zero-order valence-corrected chi connectivity index (χ0v) is 11.0. The average Bonchev–Trinajstić information content (AvgIpc) is 2.47. The molecule has 0 atom stereocenters. The standard InChI is InChI=1S/C17H19N2/c1-2-16-9-6-10-17(19(16)14-13-18)12-11-15-7-4-3-5-8-15/h2-12H,1,13-14,18H2/q+1/b12-11+. The van der Waals surface area contributed by atoms with E-state index in [9.17, 15) is 0 Å². The first-order valence-electron chi connectivity index (χ1n) is 6.43. The largest absolute Gasteiger partial charge is 0.325 e.